The Balaban J connectivity index is 3.12. The van der Waals surface area contributed by atoms with Crippen LogP contribution in [0.25, 0.3) is 0 Å². The Morgan fingerprint density at radius 1 is 1.36 bits per heavy atom. The number of nitrogens with zero attached hydrogens (tertiary/aromatic N) is 1. The van der Waals surface area contributed by atoms with E-state index in [1.807, 2.05) is 13.8 Å². The van der Waals surface area contributed by atoms with Crippen LogP contribution in [0.1, 0.15) is 19.4 Å². The van der Waals surface area contributed by atoms with Gasteiger partial charge in [-0.15, -0.1) is 0 Å². The normalized spacial score (nSPS) is 11.5. The van der Waals surface area contributed by atoms with Crippen molar-refractivity contribution < 1.29 is 22.1 Å². The van der Waals surface area contributed by atoms with E-state index in [1.165, 1.54) is 19.2 Å². The number of methoxy groups -OCH3 is 1. The van der Waals surface area contributed by atoms with Crippen molar-refractivity contribution in [2.45, 2.75) is 26.4 Å². The van der Waals surface area contributed by atoms with Crippen molar-refractivity contribution in [1.82, 2.24) is 4.90 Å². The van der Waals surface area contributed by atoms with Crippen LogP contribution in [0.5, 0.6) is 5.75 Å². The summed E-state index contributed by atoms with van der Waals surface area (Å²) in [5.41, 5.74) is 0.510. The predicted octanol–water partition coefficient (Wildman–Crippen LogP) is 2.06. The van der Waals surface area contributed by atoms with Gasteiger partial charge in [-0.25, -0.2) is 0 Å². The molecule has 0 saturated heterocycles. The molecule has 124 valence electrons. The molecule has 1 aromatic rings. The number of amides is 1. The second kappa shape index (κ2) is 7.80. The van der Waals surface area contributed by atoms with Crippen LogP contribution in [-0.4, -0.2) is 45.2 Å². The molecule has 0 heterocycles. The highest BCUT2D eigenvalue weighted by Gasteiger charge is 2.20. The van der Waals surface area contributed by atoms with Crippen molar-refractivity contribution >= 4 is 27.6 Å². The summed E-state index contributed by atoms with van der Waals surface area (Å²) in [5, 5.41) is 0.429. The molecule has 0 unspecified atom stereocenters. The van der Waals surface area contributed by atoms with Gasteiger partial charge in [0.2, 0.25) is 5.91 Å². The molecular weight excluding hydrogens is 330 g/mol. The van der Waals surface area contributed by atoms with E-state index in [1.54, 1.807) is 11.0 Å². The van der Waals surface area contributed by atoms with E-state index in [9.17, 15) is 13.2 Å². The Labute approximate surface area is 136 Å². The van der Waals surface area contributed by atoms with Crippen LogP contribution in [0.15, 0.2) is 18.2 Å². The molecule has 0 aliphatic carbocycles. The third-order valence-electron chi connectivity index (χ3n) is 2.82. The van der Waals surface area contributed by atoms with Gasteiger partial charge >= 0.3 is 10.1 Å². The van der Waals surface area contributed by atoms with Crippen LogP contribution in [-0.2, 0) is 26.2 Å². The van der Waals surface area contributed by atoms with Crippen LogP contribution in [0.3, 0.4) is 0 Å². The Morgan fingerprint density at radius 3 is 2.50 bits per heavy atom. The average molecular weight is 350 g/mol. The van der Waals surface area contributed by atoms with E-state index in [0.717, 1.165) is 6.26 Å². The van der Waals surface area contributed by atoms with Gasteiger partial charge in [-0.1, -0.05) is 11.6 Å². The van der Waals surface area contributed by atoms with Crippen LogP contribution in [0.2, 0.25) is 5.02 Å². The number of benzene rings is 1. The van der Waals surface area contributed by atoms with Crippen molar-refractivity contribution in [1.29, 1.82) is 0 Å². The van der Waals surface area contributed by atoms with Gasteiger partial charge in [-0.05, 0) is 32.0 Å². The zero-order valence-corrected chi connectivity index (χ0v) is 14.6. The van der Waals surface area contributed by atoms with Crippen molar-refractivity contribution in [3.8, 4) is 5.75 Å². The van der Waals surface area contributed by atoms with Crippen molar-refractivity contribution in [2.24, 2.45) is 0 Å². The first kappa shape index (κ1) is 18.7. The third kappa shape index (κ3) is 5.82. The molecule has 0 aliphatic heterocycles. The summed E-state index contributed by atoms with van der Waals surface area (Å²) < 4.78 is 32.5. The fourth-order valence-electron chi connectivity index (χ4n) is 1.86. The lowest BCUT2D eigenvalue weighted by Gasteiger charge is -2.27. The fraction of sp³-hybridized carbons (Fsp3) is 0.500. The van der Waals surface area contributed by atoms with Crippen LogP contribution >= 0.6 is 11.6 Å². The first-order valence-electron chi connectivity index (χ1n) is 6.60. The van der Waals surface area contributed by atoms with Gasteiger partial charge in [0, 0.05) is 30.3 Å². The first-order valence-corrected chi connectivity index (χ1v) is 8.79. The Bertz CT molecular complexity index is 630. The predicted molar refractivity (Wildman–Crippen MR) is 84.5 cm³/mol. The van der Waals surface area contributed by atoms with Gasteiger partial charge < -0.3 is 13.8 Å². The molecule has 0 radical (unpaired) electrons. The topological polar surface area (TPSA) is 72.9 Å². The van der Waals surface area contributed by atoms with Gasteiger partial charge in [0.1, 0.15) is 12.4 Å². The van der Waals surface area contributed by atoms with Crippen molar-refractivity contribution in [3.63, 3.8) is 0 Å². The highest BCUT2D eigenvalue weighted by Crippen LogP contribution is 2.26. The number of halogens is 1. The molecule has 0 spiro atoms. The zero-order valence-electron chi connectivity index (χ0n) is 13.0. The SMILES string of the molecule is COCC(=O)N(Cc1cc(Cl)ccc1OS(C)(=O)=O)C(C)C. The summed E-state index contributed by atoms with van der Waals surface area (Å²) in [6, 6.07) is 4.49. The van der Waals surface area contributed by atoms with Gasteiger partial charge in [0.05, 0.1) is 6.26 Å². The summed E-state index contributed by atoms with van der Waals surface area (Å²) in [4.78, 5) is 13.6. The molecule has 0 saturated carbocycles. The molecule has 0 N–H and O–H groups in total. The number of ether oxygens (including phenoxy) is 1. The Morgan fingerprint density at radius 2 is 2.00 bits per heavy atom. The lowest BCUT2D eigenvalue weighted by molar-refractivity contribution is -0.137. The van der Waals surface area contributed by atoms with E-state index >= 15 is 0 Å². The van der Waals surface area contributed by atoms with Gasteiger partial charge in [-0.3, -0.25) is 4.79 Å². The summed E-state index contributed by atoms with van der Waals surface area (Å²) in [7, 11) is -2.23. The molecule has 0 bridgehead atoms. The Hall–Kier alpha value is -1.31. The second-order valence-electron chi connectivity index (χ2n) is 5.09. The fourth-order valence-corrected chi connectivity index (χ4v) is 2.55. The quantitative estimate of drug-likeness (QED) is 0.704. The molecule has 0 atom stereocenters. The average Bonchev–Trinajstić information content (AvgIpc) is 2.37. The van der Waals surface area contributed by atoms with Crippen molar-refractivity contribution in [2.75, 3.05) is 20.0 Å². The number of carbonyl (C=O) groups excluding carboxylic acids is 1. The van der Waals surface area contributed by atoms with Crippen LogP contribution in [0.4, 0.5) is 0 Å². The molecule has 0 aliphatic rings. The Kier molecular flexibility index (Phi) is 6.65. The van der Waals surface area contributed by atoms with Gasteiger partial charge in [0.25, 0.3) is 0 Å². The first-order chi connectivity index (χ1) is 10.1. The maximum Gasteiger partial charge on any atom is 0.306 e. The lowest BCUT2D eigenvalue weighted by atomic mass is 10.1. The van der Waals surface area contributed by atoms with E-state index < -0.39 is 10.1 Å². The number of hydrogen-bond donors (Lipinski definition) is 0. The molecule has 1 aromatic carbocycles. The maximum absolute atomic E-state index is 12.1. The van der Waals surface area contributed by atoms with Crippen LogP contribution in [0, 0.1) is 0 Å². The van der Waals surface area contributed by atoms with Crippen LogP contribution < -0.4 is 4.18 Å². The molecule has 1 amide bonds. The molecule has 1 rings (SSSR count). The monoisotopic (exact) mass is 349 g/mol. The highest BCUT2D eigenvalue weighted by atomic mass is 35.5. The number of rotatable bonds is 7. The van der Waals surface area contributed by atoms with Crippen molar-refractivity contribution in [3.05, 3.63) is 28.8 Å². The minimum absolute atomic E-state index is 0.0546. The van der Waals surface area contributed by atoms with E-state index in [4.69, 9.17) is 20.5 Å². The summed E-state index contributed by atoms with van der Waals surface area (Å²) >= 11 is 5.96. The molecule has 6 nitrogen and oxygen atoms in total. The lowest BCUT2D eigenvalue weighted by Crippen LogP contribution is -2.38. The summed E-state index contributed by atoms with van der Waals surface area (Å²) in [6.07, 6.45) is 0.960. The van der Waals surface area contributed by atoms with Gasteiger partial charge in [-0.2, -0.15) is 8.42 Å². The van der Waals surface area contributed by atoms with E-state index in [2.05, 4.69) is 0 Å². The summed E-state index contributed by atoms with van der Waals surface area (Å²) in [6.45, 7) is 3.83. The number of carbonyl (C=O) groups is 1. The van der Waals surface area contributed by atoms with E-state index in [0.29, 0.717) is 10.6 Å². The largest absolute Gasteiger partial charge is 0.382 e. The van der Waals surface area contributed by atoms with E-state index in [-0.39, 0.29) is 30.9 Å². The summed E-state index contributed by atoms with van der Waals surface area (Å²) in [5.74, 6) is -0.0504. The smallest absolute Gasteiger partial charge is 0.306 e. The maximum atomic E-state index is 12.1. The highest BCUT2D eigenvalue weighted by molar-refractivity contribution is 7.86. The number of hydrogen-bond acceptors (Lipinski definition) is 5. The molecule has 8 heteroatoms. The second-order valence-corrected chi connectivity index (χ2v) is 7.10. The van der Waals surface area contributed by atoms with Gasteiger partial charge in [0.15, 0.2) is 0 Å². The molecule has 0 fully saturated rings. The third-order valence-corrected chi connectivity index (χ3v) is 3.53. The minimum atomic E-state index is -3.67. The molecule has 0 aromatic heterocycles. The molecule has 22 heavy (non-hydrogen) atoms. The standard InChI is InChI=1S/C14H20ClNO5S/c1-10(2)16(14(17)9-20-3)8-11-7-12(15)5-6-13(11)21-22(4,18)19/h5-7,10H,8-9H2,1-4H3. The minimum Gasteiger partial charge on any atom is -0.382 e. The molecular formula is C14H20ClNO5S. The zero-order chi connectivity index (χ0) is 16.9.